The van der Waals surface area contributed by atoms with Crippen molar-refractivity contribution in [3.8, 4) is 6.07 Å². The predicted molar refractivity (Wildman–Crippen MR) is 86.8 cm³/mol. The van der Waals surface area contributed by atoms with Crippen LogP contribution in [0.2, 0.25) is 0 Å². The Kier molecular flexibility index (Phi) is 3.39. The Hall–Kier alpha value is -0.550. The Morgan fingerprint density at radius 2 is 1.64 bits per heavy atom. The third-order valence-electron chi connectivity index (χ3n) is 8.80. The minimum atomic E-state index is -0.0571. The van der Waals surface area contributed by atoms with Gasteiger partial charge in [-0.1, -0.05) is 13.8 Å². The number of aliphatic hydroxyl groups is 1. The van der Waals surface area contributed by atoms with E-state index < -0.39 is 0 Å². The lowest BCUT2D eigenvalue weighted by Gasteiger charge is -2.60. The Morgan fingerprint density at radius 1 is 0.909 bits per heavy atom. The molecule has 4 aliphatic rings. The van der Waals surface area contributed by atoms with E-state index >= 15 is 0 Å². The van der Waals surface area contributed by atoms with E-state index in [-0.39, 0.29) is 11.5 Å². The van der Waals surface area contributed by atoms with Gasteiger partial charge < -0.3 is 5.11 Å². The number of nitrogens with zero attached hydrogens (tertiary/aromatic N) is 1. The molecule has 0 saturated heterocycles. The van der Waals surface area contributed by atoms with Crippen LogP contribution in [0.4, 0.5) is 0 Å². The van der Waals surface area contributed by atoms with Crippen molar-refractivity contribution < 1.29 is 5.11 Å². The van der Waals surface area contributed by atoms with Crippen LogP contribution in [0, 0.1) is 51.8 Å². The fourth-order valence-electron chi connectivity index (χ4n) is 7.35. The van der Waals surface area contributed by atoms with Crippen LogP contribution in [0.25, 0.3) is 0 Å². The first-order valence-electron chi connectivity index (χ1n) is 9.56. The molecule has 1 N–H and O–H groups in total. The van der Waals surface area contributed by atoms with Crippen LogP contribution in [0.1, 0.15) is 71.6 Å². The number of nitriles is 1. The average molecular weight is 301 g/mol. The van der Waals surface area contributed by atoms with Gasteiger partial charge in [-0.15, -0.1) is 0 Å². The molecule has 2 heteroatoms. The van der Waals surface area contributed by atoms with Crippen molar-refractivity contribution in [1.82, 2.24) is 0 Å². The molecule has 0 spiro atoms. The maximum atomic E-state index is 10.5. The highest BCUT2D eigenvalue weighted by molar-refractivity contribution is 5.10. The molecule has 4 aliphatic carbocycles. The van der Waals surface area contributed by atoms with Gasteiger partial charge in [0.1, 0.15) is 0 Å². The van der Waals surface area contributed by atoms with E-state index in [0.29, 0.717) is 11.3 Å². The van der Waals surface area contributed by atoms with Gasteiger partial charge in [0.15, 0.2) is 0 Å². The third kappa shape index (κ3) is 1.87. The third-order valence-corrected chi connectivity index (χ3v) is 8.80. The molecule has 22 heavy (non-hydrogen) atoms. The molecule has 2 nitrogen and oxygen atoms in total. The molecule has 0 aromatic carbocycles. The molecule has 0 unspecified atom stereocenters. The number of aliphatic hydroxyl groups excluding tert-OH is 1. The lowest BCUT2D eigenvalue weighted by atomic mass is 9.44. The van der Waals surface area contributed by atoms with Crippen LogP contribution in [0.5, 0.6) is 0 Å². The second-order valence-corrected chi connectivity index (χ2v) is 9.39. The maximum Gasteiger partial charge on any atom is 0.0655 e. The zero-order valence-electron chi connectivity index (χ0n) is 14.2. The number of hydrogen-bond donors (Lipinski definition) is 1. The van der Waals surface area contributed by atoms with Crippen molar-refractivity contribution in [2.24, 2.45) is 40.4 Å². The van der Waals surface area contributed by atoms with Gasteiger partial charge >= 0.3 is 0 Å². The summed E-state index contributed by atoms with van der Waals surface area (Å²) < 4.78 is 0. The lowest BCUT2D eigenvalue weighted by Crippen LogP contribution is -2.53. The zero-order chi connectivity index (χ0) is 15.5. The van der Waals surface area contributed by atoms with Crippen LogP contribution in [0.15, 0.2) is 0 Å². The molecule has 4 fully saturated rings. The van der Waals surface area contributed by atoms with Gasteiger partial charge in [0, 0.05) is 5.92 Å². The monoisotopic (exact) mass is 301 g/mol. The van der Waals surface area contributed by atoms with Gasteiger partial charge in [0.25, 0.3) is 0 Å². The molecule has 122 valence electrons. The molecule has 4 rings (SSSR count). The molecular formula is C20H31NO. The van der Waals surface area contributed by atoms with Crippen molar-refractivity contribution in [2.45, 2.75) is 77.7 Å². The van der Waals surface area contributed by atoms with E-state index in [2.05, 4.69) is 19.9 Å². The summed E-state index contributed by atoms with van der Waals surface area (Å²) in [4.78, 5) is 0. The molecule has 4 saturated carbocycles. The molecule has 0 heterocycles. The van der Waals surface area contributed by atoms with Crippen LogP contribution in [-0.2, 0) is 0 Å². The minimum Gasteiger partial charge on any atom is -0.393 e. The zero-order valence-corrected chi connectivity index (χ0v) is 14.2. The fourth-order valence-corrected chi connectivity index (χ4v) is 7.35. The summed E-state index contributed by atoms with van der Waals surface area (Å²) in [6.07, 6.45) is 11.0. The average Bonchev–Trinajstić information content (AvgIpc) is 2.82. The second kappa shape index (κ2) is 4.97. The molecule has 8 atom stereocenters. The molecule has 0 bridgehead atoms. The summed E-state index contributed by atoms with van der Waals surface area (Å²) in [5, 5.41) is 19.8. The van der Waals surface area contributed by atoms with E-state index in [1.165, 1.54) is 38.5 Å². The Balaban J connectivity index is 1.61. The highest BCUT2D eigenvalue weighted by atomic mass is 16.3. The largest absolute Gasteiger partial charge is 0.393 e. The first kappa shape index (κ1) is 15.0. The van der Waals surface area contributed by atoms with Gasteiger partial charge in [0.05, 0.1) is 12.2 Å². The molecule has 0 aliphatic heterocycles. The van der Waals surface area contributed by atoms with Gasteiger partial charge in [0.2, 0.25) is 0 Å². The van der Waals surface area contributed by atoms with Crippen LogP contribution in [-0.4, -0.2) is 11.2 Å². The van der Waals surface area contributed by atoms with Crippen LogP contribution in [0.3, 0.4) is 0 Å². The minimum absolute atomic E-state index is 0.0571. The highest BCUT2D eigenvalue weighted by Gasteiger charge is 2.59. The first-order chi connectivity index (χ1) is 10.5. The molecule has 0 amide bonds. The molecule has 0 aromatic rings. The number of rotatable bonds is 0. The predicted octanol–water partition coefficient (Wildman–Crippen LogP) is 4.53. The Labute approximate surface area is 135 Å². The van der Waals surface area contributed by atoms with Crippen molar-refractivity contribution >= 4 is 0 Å². The summed E-state index contributed by atoms with van der Waals surface area (Å²) in [7, 11) is 0. The summed E-state index contributed by atoms with van der Waals surface area (Å²) in [5.41, 5.74) is 0.680. The SMILES string of the molecule is C[C@@]12CC[C@@H]3[C@H](CC[C@@H]4C[C@H](C#N)CC[C@]43C)[C@H]1CC[C@H]2O. The van der Waals surface area contributed by atoms with Gasteiger partial charge in [-0.25, -0.2) is 0 Å². The standard InChI is InChI=1S/C20H31NO/c1-19-9-7-13(12-21)11-14(19)3-4-15-16-5-6-18(22)20(16,2)10-8-17(15)19/h13-18,22H,3-11H2,1-2H3/t13-,14-,15-,16-,17-,18-,19-,20-/m1/s1. The quantitative estimate of drug-likeness (QED) is 0.714. The van der Waals surface area contributed by atoms with E-state index in [9.17, 15) is 10.4 Å². The van der Waals surface area contributed by atoms with Crippen molar-refractivity contribution in [1.29, 1.82) is 5.26 Å². The number of fused-ring (bicyclic) bond motifs is 5. The summed E-state index contributed by atoms with van der Waals surface area (Å²) in [5.74, 6) is 3.55. The smallest absolute Gasteiger partial charge is 0.0655 e. The van der Waals surface area contributed by atoms with E-state index in [4.69, 9.17) is 0 Å². The second-order valence-electron chi connectivity index (χ2n) is 9.39. The van der Waals surface area contributed by atoms with Gasteiger partial charge in [-0.05, 0) is 92.3 Å². The van der Waals surface area contributed by atoms with Crippen LogP contribution < -0.4 is 0 Å². The molecule has 0 aromatic heterocycles. The Morgan fingerprint density at radius 3 is 2.41 bits per heavy atom. The summed E-state index contributed by atoms with van der Waals surface area (Å²) >= 11 is 0. The molecule has 0 radical (unpaired) electrons. The lowest BCUT2D eigenvalue weighted by molar-refractivity contribution is -0.124. The van der Waals surface area contributed by atoms with Crippen molar-refractivity contribution in [3.63, 3.8) is 0 Å². The molecular weight excluding hydrogens is 270 g/mol. The maximum absolute atomic E-state index is 10.5. The van der Waals surface area contributed by atoms with Crippen molar-refractivity contribution in [2.75, 3.05) is 0 Å². The van der Waals surface area contributed by atoms with Gasteiger partial charge in [-0.3, -0.25) is 0 Å². The summed E-state index contributed by atoms with van der Waals surface area (Å²) in [6.45, 7) is 4.92. The summed E-state index contributed by atoms with van der Waals surface area (Å²) in [6, 6.07) is 2.54. The normalized spacial score (nSPS) is 57.4. The van der Waals surface area contributed by atoms with E-state index in [1.54, 1.807) is 0 Å². The topological polar surface area (TPSA) is 44.0 Å². The van der Waals surface area contributed by atoms with Crippen LogP contribution >= 0.6 is 0 Å². The first-order valence-corrected chi connectivity index (χ1v) is 9.56. The Bertz CT molecular complexity index is 496. The number of hydrogen-bond acceptors (Lipinski definition) is 2. The van der Waals surface area contributed by atoms with Crippen molar-refractivity contribution in [3.05, 3.63) is 0 Å². The van der Waals surface area contributed by atoms with Gasteiger partial charge in [-0.2, -0.15) is 5.26 Å². The fraction of sp³-hybridized carbons (Fsp3) is 0.950. The van der Waals surface area contributed by atoms with E-state index in [1.807, 2.05) is 0 Å². The highest BCUT2D eigenvalue weighted by Crippen LogP contribution is 2.66. The van der Waals surface area contributed by atoms with E-state index in [0.717, 1.165) is 42.9 Å².